The molecule has 1 aromatic carbocycles. The Bertz CT molecular complexity index is 584. The highest BCUT2D eigenvalue weighted by Gasteiger charge is 2.29. The Balaban J connectivity index is 1.64. The molecule has 3 rings (SSSR count). The van der Waals surface area contributed by atoms with E-state index in [1.807, 2.05) is 24.3 Å². The van der Waals surface area contributed by atoms with Crippen molar-refractivity contribution in [2.75, 3.05) is 37.9 Å². The maximum absolute atomic E-state index is 12.4. The van der Waals surface area contributed by atoms with Crippen molar-refractivity contribution in [1.82, 2.24) is 9.80 Å². The highest BCUT2D eigenvalue weighted by atomic mass is 35.5. The standard InChI is InChI=1S/C15H17ClN2O3S/c16-12-4-2-1-3-11(12)13-7-17(5-6-21-13)14(19)8-18-10-22-9-15(18)20/h1-4,13H,5-10H2. The Kier molecular flexibility index (Phi) is 4.90. The highest BCUT2D eigenvalue weighted by molar-refractivity contribution is 8.00. The van der Waals surface area contributed by atoms with Crippen molar-refractivity contribution in [3.63, 3.8) is 0 Å². The largest absolute Gasteiger partial charge is 0.370 e. The zero-order chi connectivity index (χ0) is 15.5. The Morgan fingerprint density at radius 1 is 1.41 bits per heavy atom. The van der Waals surface area contributed by atoms with Crippen LogP contribution in [0.15, 0.2) is 24.3 Å². The second-order valence-corrected chi connectivity index (χ2v) is 6.65. The van der Waals surface area contributed by atoms with Crippen LogP contribution in [0.3, 0.4) is 0 Å². The van der Waals surface area contributed by atoms with Crippen molar-refractivity contribution in [1.29, 1.82) is 0 Å². The van der Waals surface area contributed by atoms with Crippen LogP contribution in [-0.2, 0) is 14.3 Å². The fraction of sp³-hybridized carbons (Fsp3) is 0.467. The average molecular weight is 341 g/mol. The first-order chi connectivity index (χ1) is 10.6. The van der Waals surface area contributed by atoms with E-state index in [9.17, 15) is 9.59 Å². The van der Waals surface area contributed by atoms with Crippen molar-refractivity contribution in [2.45, 2.75) is 6.10 Å². The van der Waals surface area contributed by atoms with Crippen LogP contribution in [0.5, 0.6) is 0 Å². The lowest BCUT2D eigenvalue weighted by Gasteiger charge is -2.34. The van der Waals surface area contributed by atoms with Crippen LogP contribution in [0, 0.1) is 0 Å². The quantitative estimate of drug-likeness (QED) is 0.841. The molecule has 0 bridgehead atoms. The molecule has 1 aromatic rings. The average Bonchev–Trinajstić information content (AvgIpc) is 2.93. The van der Waals surface area contributed by atoms with Crippen molar-refractivity contribution >= 4 is 35.2 Å². The van der Waals surface area contributed by atoms with E-state index in [1.165, 1.54) is 0 Å². The lowest BCUT2D eigenvalue weighted by molar-refractivity contribution is -0.143. The molecule has 7 heteroatoms. The minimum absolute atomic E-state index is 0.0313. The summed E-state index contributed by atoms with van der Waals surface area (Å²) in [4.78, 5) is 27.4. The van der Waals surface area contributed by atoms with E-state index < -0.39 is 0 Å². The number of halogens is 1. The van der Waals surface area contributed by atoms with E-state index in [4.69, 9.17) is 16.3 Å². The lowest BCUT2D eigenvalue weighted by Crippen LogP contribution is -2.47. The van der Waals surface area contributed by atoms with Crippen LogP contribution < -0.4 is 0 Å². The molecule has 2 fully saturated rings. The van der Waals surface area contributed by atoms with Gasteiger partial charge in [-0.15, -0.1) is 11.8 Å². The summed E-state index contributed by atoms with van der Waals surface area (Å²) in [6, 6.07) is 7.52. The second-order valence-electron chi connectivity index (χ2n) is 5.29. The van der Waals surface area contributed by atoms with Crippen LogP contribution in [0.25, 0.3) is 0 Å². The van der Waals surface area contributed by atoms with Gasteiger partial charge in [-0.25, -0.2) is 0 Å². The van der Waals surface area contributed by atoms with Crippen molar-refractivity contribution < 1.29 is 14.3 Å². The molecule has 2 aliphatic rings. The minimum atomic E-state index is -0.213. The molecule has 118 valence electrons. The minimum Gasteiger partial charge on any atom is -0.370 e. The van der Waals surface area contributed by atoms with Gasteiger partial charge in [0, 0.05) is 17.1 Å². The van der Waals surface area contributed by atoms with E-state index in [0.29, 0.717) is 36.3 Å². The first-order valence-electron chi connectivity index (χ1n) is 7.14. The number of hydrogen-bond acceptors (Lipinski definition) is 4. The maximum atomic E-state index is 12.4. The molecular weight excluding hydrogens is 324 g/mol. The predicted octanol–water partition coefficient (Wildman–Crippen LogP) is 1.77. The number of morpholine rings is 1. The molecule has 5 nitrogen and oxygen atoms in total. The number of thioether (sulfide) groups is 1. The van der Waals surface area contributed by atoms with Crippen LogP contribution in [0.4, 0.5) is 0 Å². The summed E-state index contributed by atoms with van der Waals surface area (Å²) in [5.74, 6) is 1.08. The van der Waals surface area contributed by atoms with Crippen LogP contribution >= 0.6 is 23.4 Å². The van der Waals surface area contributed by atoms with E-state index in [1.54, 1.807) is 21.6 Å². The third-order valence-corrected chi connectivity index (χ3v) is 5.11. The van der Waals surface area contributed by atoms with Crippen molar-refractivity contribution in [2.24, 2.45) is 0 Å². The highest BCUT2D eigenvalue weighted by Crippen LogP contribution is 2.28. The predicted molar refractivity (Wildman–Crippen MR) is 85.8 cm³/mol. The number of amides is 2. The fourth-order valence-electron chi connectivity index (χ4n) is 2.60. The molecule has 2 amide bonds. The van der Waals surface area contributed by atoms with Gasteiger partial charge < -0.3 is 14.5 Å². The van der Waals surface area contributed by atoms with Gasteiger partial charge in [0.15, 0.2) is 0 Å². The molecule has 1 unspecified atom stereocenters. The van der Waals surface area contributed by atoms with Gasteiger partial charge in [0.2, 0.25) is 11.8 Å². The number of carbonyl (C=O) groups is 2. The summed E-state index contributed by atoms with van der Waals surface area (Å²) in [6.45, 7) is 1.65. The molecule has 2 saturated heterocycles. The van der Waals surface area contributed by atoms with Gasteiger partial charge >= 0.3 is 0 Å². The summed E-state index contributed by atoms with van der Waals surface area (Å²) >= 11 is 7.74. The summed E-state index contributed by atoms with van der Waals surface area (Å²) in [6.07, 6.45) is -0.213. The number of nitrogens with zero attached hydrogens (tertiary/aromatic N) is 2. The molecule has 2 aliphatic heterocycles. The molecule has 1 atom stereocenters. The van der Waals surface area contributed by atoms with E-state index in [0.717, 1.165) is 5.56 Å². The molecule has 0 saturated carbocycles. The van der Waals surface area contributed by atoms with Gasteiger partial charge in [-0.2, -0.15) is 0 Å². The van der Waals surface area contributed by atoms with Gasteiger partial charge in [-0.1, -0.05) is 29.8 Å². The molecule has 0 spiro atoms. The number of benzene rings is 1. The van der Waals surface area contributed by atoms with Gasteiger partial charge in [-0.05, 0) is 6.07 Å². The normalized spacial score (nSPS) is 22.2. The number of rotatable bonds is 3. The summed E-state index contributed by atoms with van der Waals surface area (Å²) in [5, 5.41) is 0.646. The molecule has 0 radical (unpaired) electrons. The Morgan fingerprint density at radius 3 is 2.95 bits per heavy atom. The van der Waals surface area contributed by atoms with Gasteiger partial charge in [0.05, 0.1) is 24.8 Å². The zero-order valence-corrected chi connectivity index (χ0v) is 13.6. The SMILES string of the molecule is O=C1CSCN1CC(=O)N1CCOC(c2ccccc2Cl)C1. The monoisotopic (exact) mass is 340 g/mol. The second kappa shape index (κ2) is 6.89. The maximum Gasteiger partial charge on any atom is 0.242 e. The van der Waals surface area contributed by atoms with E-state index in [-0.39, 0.29) is 24.5 Å². The Labute approximate surface area is 138 Å². The molecule has 22 heavy (non-hydrogen) atoms. The van der Waals surface area contributed by atoms with Gasteiger partial charge in [0.25, 0.3) is 0 Å². The van der Waals surface area contributed by atoms with Gasteiger partial charge in [0.1, 0.15) is 12.6 Å². The third-order valence-electron chi connectivity index (χ3n) is 3.82. The number of carbonyl (C=O) groups excluding carboxylic acids is 2. The van der Waals surface area contributed by atoms with Crippen LogP contribution in [0.2, 0.25) is 5.02 Å². The molecule has 2 heterocycles. The lowest BCUT2D eigenvalue weighted by atomic mass is 10.1. The molecular formula is C15H17ClN2O3S. The number of hydrogen-bond donors (Lipinski definition) is 0. The molecule has 0 N–H and O–H groups in total. The van der Waals surface area contributed by atoms with E-state index >= 15 is 0 Å². The van der Waals surface area contributed by atoms with Crippen molar-refractivity contribution in [3.05, 3.63) is 34.9 Å². The Hall–Kier alpha value is -1.24. The third kappa shape index (κ3) is 3.39. The summed E-state index contributed by atoms with van der Waals surface area (Å²) in [5.41, 5.74) is 0.898. The van der Waals surface area contributed by atoms with Gasteiger partial charge in [-0.3, -0.25) is 9.59 Å². The first kappa shape index (κ1) is 15.6. The smallest absolute Gasteiger partial charge is 0.242 e. The molecule has 0 aromatic heterocycles. The Morgan fingerprint density at radius 2 is 2.23 bits per heavy atom. The summed E-state index contributed by atoms with van der Waals surface area (Å²) < 4.78 is 5.75. The summed E-state index contributed by atoms with van der Waals surface area (Å²) in [7, 11) is 0. The molecule has 0 aliphatic carbocycles. The van der Waals surface area contributed by atoms with Crippen LogP contribution in [-0.4, -0.2) is 59.5 Å². The zero-order valence-electron chi connectivity index (χ0n) is 12.0. The van der Waals surface area contributed by atoms with Crippen LogP contribution in [0.1, 0.15) is 11.7 Å². The fourth-order valence-corrected chi connectivity index (χ4v) is 3.77. The van der Waals surface area contributed by atoms with E-state index in [2.05, 4.69) is 0 Å². The first-order valence-corrected chi connectivity index (χ1v) is 8.68. The number of ether oxygens (including phenoxy) is 1. The van der Waals surface area contributed by atoms with Crippen molar-refractivity contribution in [3.8, 4) is 0 Å². The topological polar surface area (TPSA) is 49.9 Å².